The molecule has 0 bridgehead atoms. The second-order valence-electron chi connectivity index (χ2n) is 8.73. The fourth-order valence-electron chi connectivity index (χ4n) is 4.59. The van der Waals surface area contributed by atoms with Gasteiger partial charge in [0.25, 0.3) is 11.5 Å². The van der Waals surface area contributed by atoms with Crippen LogP contribution in [0, 0.1) is 0 Å². The molecular formula is C28H32ClN3O5S. The number of carbonyl (C=O) groups is 1. The number of hydrogen-bond donors (Lipinski definition) is 1. The van der Waals surface area contributed by atoms with Gasteiger partial charge in [0.2, 0.25) is 5.75 Å². The number of carbonyl (C=O) groups excluding carboxylic acids is 1. The minimum absolute atomic E-state index is 0.158. The van der Waals surface area contributed by atoms with Crippen LogP contribution in [0.5, 0.6) is 17.2 Å². The first kappa shape index (κ1) is 27.8. The Kier molecular flexibility index (Phi) is 8.81. The number of benzene rings is 2. The van der Waals surface area contributed by atoms with Crippen molar-refractivity contribution in [3.63, 3.8) is 0 Å². The summed E-state index contributed by atoms with van der Waals surface area (Å²) in [6.07, 6.45) is 2.56. The van der Waals surface area contributed by atoms with Gasteiger partial charge in [-0.2, -0.15) is 0 Å². The minimum Gasteiger partial charge on any atom is -0.493 e. The average Bonchev–Trinajstić information content (AvgIpc) is 3.40. The van der Waals surface area contributed by atoms with Crippen LogP contribution in [0.4, 0.5) is 5.69 Å². The lowest BCUT2D eigenvalue weighted by Crippen LogP contribution is -2.34. The molecule has 1 amide bonds. The fraction of sp³-hybridized carbons (Fsp3) is 0.357. The van der Waals surface area contributed by atoms with Gasteiger partial charge in [0, 0.05) is 22.8 Å². The third kappa shape index (κ3) is 5.45. The molecule has 0 saturated carbocycles. The number of rotatable bonds is 10. The van der Waals surface area contributed by atoms with E-state index < -0.39 is 0 Å². The van der Waals surface area contributed by atoms with Gasteiger partial charge in [0.05, 0.1) is 31.4 Å². The maximum atomic E-state index is 13.8. The van der Waals surface area contributed by atoms with E-state index in [4.69, 9.17) is 25.8 Å². The van der Waals surface area contributed by atoms with Crippen molar-refractivity contribution in [2.75, 3.05) is 46.3 Å². The summed E-state index contributed by atoms with van der Waals surface area (Å²) in [5.74, 6) is 1.20. The number of aromatic nitrogens is 1. The van der Waals surface area contributed by atoms with E-state index in [0.29, 0.717) is 60.4 Å². The number of nitrogens with zero attached hydrogens (tertiary/aromatic N) is 2. The topological polar surface area (TPSA) is 82.0 Å². The predicted octanol–water partition coefficient (Wildman–Crippen LogP) is 3.30. The Labute approximate surface area is 230 Å². The number of anilines is 1. The quantitative estimate of drug-likeness (QED) is 0.412. The van der Waals surface area contributed by atoms with Crippen molar-refractivity contribution in [3.05, 3.63) is 66.0 Å². The number of fused-ring (bicyclic) bond motifs is 1. The van der Waals surface area contributed by atoms with Crippen molar-refractivity contribution < 1.29 is 19.0 Å². The molecule has 0 fully saturated rings. The molecule has 0 atom stereocenters. The zero-order chi connectivity index (χ0) is 27.4. The second kappa shape index (κ2) is 12.1. The number of thiazole rings is 1. The first-order valence-corrected chi connectivity index (χ1v) is 13.6. The maximum Gasteiger partial charge on any atom is 0.269 e. The molecule has 2 heterocycles. The van der Waals surface area contributed by atoms with Crippen molar-refractivity contribution in [2.45, 2.75) is 26.8 Å². The van der Waals surface area contributed by atoms with E-state index in [9.17, 15) is 9.59 Å². The van der Waals surface area contributed by atoms with E-state index in [1.165, 1.54) is 11.3 Å². The Hall–Kier alpha value is -3.27. The van der Waals surface area contributed by atoms with E-state index in [1.807, 2.05) is 0 Å². The molecule has 202 valence electrons. The Balaban J connectivity index is 1.93. The van der Waals surface area contributed by atoms with Gasteiger partial charge in [-0.15, -0.1) is 11.3 Å². The summed E-state index contributed by atoms with van der Waals surface area (Å²) in [6, 6.07) is 8.85. The molecule has 0 aliphatic carbocycles. The number of methoxy groups -OCH3 is 3. The number of nitrogens with one attached hydrogen (secondary N) is 1. The number of hydrogen-bond acceptors (Lipinski definition) is 7. The van der Waals surface area contributed by atoms with Crippen molar-refractivity contribution >= 4 is 46.2 Å². The molecule has 10 heteroatoms. The van der Waals surface area contributed by atoms with Crippen LogP contribution < -0.4 is 34.3 Å². The third-order valence-corrected chi connectivity index (χ3v) is 7.95. The standard InChI is InChI=1S/C28H32ClN3O5S/c1-6-31(7-2)11-8-12-32-27(34)23(15-17-13-21(35-3)25(37-5)22(14-17)36-4)38-28(32)24-19-16-18(29)9-10-20(19)30-26(24)33/h9-10,13-16H,6-8,11-12H2,1-5H3,(H,30,33)/b23-15+,28-24+. The molecule has 3 aromatic rings. The molecule has 1 N–H and O–H groups in total. The first-order valence-electron chi connectivity index (χ1n) is 12.4. The van der Waals surface area contributed by atoms with Crippen LogP contribution >= 0.6 is 22.9 Å². The molecule has 2 aromatic carbocycles. The highest BCUT2D eigenvalue weighted by Gasteiger charge is 2.27. The van der Waals surface area contributed by atoms with Gasteiger partial charge in [0.15, 0.2) is 11.5 Å². The SMILES string of the molecule is CCN(CC)CCCn1c(=O)/c(=C\c2cc(OC)c(OC)c(OC)c2)s/c1=C1/C(=O)Nc2ccc(Cl)cc21. The van der Waals surface area contributed by atoms with Crippen molar-refractivity contribution in [1.29, 1.82) is 0 Å². The summed E-state index contributed by atoms with van der Waals surface area (Å²) in [6.45, 7) is 7.45. The Morgan fingerprint density at radius 2 is 1.71 bits per heavy atom. The van der Waals surface area contributed by atoms with Crippen LogP contribution in [-0.4, -0.2) is 56.3 Å². The minimum atomic E-state index is -0.250. The van der Waals surface area contributed by atoms with Crippen LogP contribution in [0.25, 0.3) is 11.6 Å². The van der Waals surface area contributed by atoms with E-state index >= 15 is 0 Å². The Morgan fingerprint density at radius 3 is 2.32 bits per heavy atom. The molecule has 38 heavy (non-hydrogen) atoms. The number of halogens is 1. The summed E-state index contributed by atoms with van der Waals surface area (Å²) in [5.41, 5.74) is 2.38. The van der Waals surface area contributed by atoms with Crippen LogP contribution in [0.15, 0.2) is 35.1 Å². The van der Waals surface area contributed by atoms with Crippen molar-refractivity contribution in [3.8, 4) is 17.2 Å². The van der Waals surface area contributed by atoms with E-state index in [1.54, 1.807) is 62.3 Å². The molecule has 0 saturated heterocycles. The summed E-state index contributed by atoms with van der Waals surface area (Å²) in [7, 11) is 4.64. The van der Waals surface area contributed by atoms with Gasteiger partial charge in [-0.25, -0.2) is 0 Å². The summed E-state index contributed by atoms with van der Waals surface area (Å²) >= 11 is 7.56. The average molecular weight is 558 g/mol. The van der Waals surface area contributed by atoms with Gasteiger partial charge in [-0.3, -0.25) is 14.2 Å². The number of amides is 1. The summed E-state index contributed by atoms with van der Waals surface area (Å²) in [4.78, 5) is 29.2. The lowest BCUT2D eigenvalue weighted by atomic mass is 10.1. The van der Waals surface area contributed by atoms with Crippen molar-refractivity contribution in [2.24, 2.45) is 0 Å². The number of ether oxygens (including phenoxy) is 3. The van der Waals surface area contributed by atoms with Crippen LogP contribution in [0.2, 0.25) is 5.02 Å². The van der Waals surface area contributed by atoms with E-state index in [0.717, 1.165) is 26.1 Å². The zero-order valence-electron chi connectivity index (χ0n) is 22.2. The molecule has 4 rings (SSSR count). The smallest absolute Gasteiger partial charge is 0.269 e. The zero-order valence-corrected chi connectivity index (χ0v) is 23.8. The Bertz CT molecular complexity index is 1500. The van der Waals surface area contributed by atoms with E-state index in [-0.39, 0.29) is 11.5 Å². The Morgan fingerprint density at radius 1 is 1.03 bits per heavy atom. The van der Waals surface area contributed by atoms with Crippen molar-refractivity contribution in [1.82, 2.24) is 9.47 Å². The monoisotopic (exact) mass is 557 g/mol. The second-order valence-corrected chi connectivity index (χ2v) is 10.2. The summed E-state index contributed by atoms with van der Waals surface area (Å²) in [5, 5.41) is 3.43. The summed E-state index contributed by atoms with van der Waals surface area (Å²) < 4.78 is 19.2. The predicted molar refractivity (Wildman–Crippen MR) is 152 cm³/mol. The molecule has 8 nitrogen and oxygen atoms in total. The van der Waals surface area contributed by atoms with Gasteiger partial charge in [-0.1, -0.05) is 25.4 Å². The van der Waals surface area contributed by atoms with E-state index in [2.05, 4.69) is 24.1 Å². The largest absolute Gasteiger partial charge is 0.493 e. The molecule has 1 aliphatic rings. The van der Waals surface area contributed by atoms with Gasteiger partial charge < -0.3 is 24.4 Å². The fourth-order valence-corrected chi connectivity index (χ4v) is 5.95. The molecule has 0 spiro atoms. The highest BCUT2D eigenvalue weighted by atomic mass is 35.5. The van der Waals surface area contributed by atoms with Crippen LogP contribution in [0.3, 0.4) is 0 Å². The molecule has 0 radical (unpaired) electrons. The highest BCUT2D eigenvalue weighted by Crippen LogP contribution is 2.38. The molecule has 1 aromatic heterocycles. The third-order valence-electron chi connectivity index (χ3n) is 6.58. The molecule has 0 unspecified atom stereocenters. The van der Waals surface area contributed by atoms with Crippen LogP contribution in [0.1, 0.15) is 31.4 Å². The maximum absolute atomic E-state index is 13.8. The molecule has 1 aliphatic heterocycles. The normalized spacial score (nSPS) is 14.6. The van der Waals surface area contributed by atoms with Crippen LogP contribution in [-0.2, 0) is 11.3 Å². The van der Waals surface area contributed by atoms with Gasteiger partial charge in [0.1, 0.15) is 4.66 Å². The first-order chi connectivity index (χ1) is 18.3. The van der Waals surface area contributed by atoms with Gasteiger partial charge >= 0.3 is 0 Å². The molecular weight excluding hydrogens is 526 g/mol. The lowest BCUT2D eigenvalue weighted by molar-refractivity contribution is -0.110. The van der Waals surface area contributed by atoms with Gasteiger partial charge in [-0.05, 0) is 68.0 Å². The lowest BCUT2D eigenvalue weighted by Gasteiger charge is -2.17. The highest BCUT2D eigenvalue weighted by molar-refractivity contribution is 7.07.